The van der Waals surface area contributed by atoms with Gasteiger partial charge in [-0.3, -0.25) is 14.6 Å². The molecule has 0 aromatic rings. The molecule has 15 heavy (non-hydrogen) atoms. The summed E-state index contributed by atoms with van der Waals surface area (Å²) in [6, 6.07) is 1.51. The highest BCUT2D eigenvalue weighted by atomic mass is 16.1. The molecule has 0 aromatic carbocycles. The van der Waals surface area contributed by atoms with Crippen molar-refractivity contribution in [1.82, 2.24) is 9.80 Å². The van der Waals surface area contributed by atoms with Crippen molar-refractivity contribution < 1.29 is 4.79 Å². The summed E-state index contributed by atoms with van der Waals surface area (Å²) in [4.78, 5) is 16.0. The van der Waals surface area contributed by atoms with Gasteiger partial charge >= 0.3 is 0 Å². The molecular weight excluding hydrogens is 188 g/mol. The topological polar surface area (TPSA) is 23.6 Å². The molecule has 2 rings (SSSR count). The van der Waals surface area contributed by atoms with Crippen LogP contribution in [-0.4, -0.2) is 53.8 Å². The first kappa shape index (κ1) is 11.1. The zero-order valence-electron chi connectivity index (χ0n) is 9.91. The summed E-state index contributed by atoms with van der Waals surface area (Å²) >= 11 is 0. The number of carbonyl (C=O) groups is 1. The fourth-order valence-electron chi connectivity index (χ4n) is 2.43. The van der Waals surface area contributed by atoms with Crippen molar-refractivity contribution in [2.45, 2.75) is 45.2 Å². The van der Waals surface area contributed by atoms with E-state index < -0.39 is 0 Å². The van der Waals surface area contributed by atoms with Gasteiger partial charge in [-0.05, 0) is 26.7 Å². The molecule has 1 aliphatic carbocycles. The Hall–Kier alpha value is -0.410. The smallest absolute Gasteiger partial charge is 0.131 e. The fourth-order valence-corrected chi connectivity index (χ4v) is 2.43. The van der Waals surface area contributed by atoms with E-state index in [2.05, 4.69) is 16.7 Å². The Morgan fingerprint density at radius 1 is 1.33 bits per heavy atom. The Bertz CT molecular complexity index is 238. The van der Waals surface area contributed by atoms with Crippen LogP contribution in [0.25, 0.3) is 0 Å². The SMILES string of the molecule is CC(=O)CCN1CCN(C2CC2)CC1C. The van der Waals surface area contributed by atoms with E-state index in [1.54, 1.807) is 6.92 Å². The largest absolute Gasteiger partial charge is 0.300 e. The second-order valence-electron chi connectivity index (χ2n) is 5.06. The second-order valence-corrected chi connectivity index (χ2v) is 5.06. The molecule has 1 aliphatic heterocycles. The molecule has 2 aliphatic rings. The Morgan fingerprint density at radius 2 is 2.07 bits per heavy atom. The standard InChI is InChI=1S/C12H22N2O/c1-10-9-14(12-3-4-12)8-7-13(10)6-5-11(2)15/h10,12H,3-9H2,1-2H3. The molecule has 86 valence electrons. The number of hydrogen-bond acceptors (Lipinski definition) is 3. The fraction of sp³-hybridized carbons (Fsp3) is 0.917. The first-order valence-corrected chi connectivity index (χ1v) is 6.14. The van der Waals surface area contributed by atoms with E-state index in [0.717, 1.165) is 19.1 Å². The van der Waals surface area contributed by atoms with Gasteiger partial charge in [0.15, 0.2) is 0 Å². The van der Waals surface area contributed by atoms with Gasteiger partial charge in [0.25, 0.3) is 0 Å². The Balaban J connectivity index is 1.75. The third-order valence-electron chi connectivity index (χ3n) is 3.61. The van der Waals surface area contributed by atoms with Crippen LogP contribution in [0.15, 0.2) is 0 Å². The van der Waals surface area contributed by atoms with E-state index in [9.17, 15) is 4.79 Å². The number of nitrogens with zero attached hydrogens (tertiary/aromatic N) is 2. The predicted molar refractivity (Wildman–Crippen MR) is 60.9 cm³/mol. The van der Waals surface area contributed by atoms with Crippen LogP contribution in [0.4, 0.5) is 0 Å². The van der Waals surface area contributed by atoms with Gasteiger partial charge < -0.3 is 0 Å². The molecule has 0 aromatic heterocycles. The zero-order valence-corrected chi connectivity index (χ0v) is 9.91. The number of Topliss-reactive ketones (excluding diaryl/α,β-unsaturated/α-hetero) is 1. The third-order valence-corrected chi connectivity index (χ3v) is 3.61. The summed E-state index contributed by atoms with van der Waals surface area (Å²) in [5, 5.41) is 0. The number of rotatable bonds is 4. The third kappa shape index (κ3) is 3.02. The first-order valence-electron chi connectivity index (χ1n) is 6.14. The zero-order chi connectivity index (χ0) is 10.8. The normalized spacial score (nSPS) is 29.3. The van der Waals surface area contributed by atoms with Gasteiger partial charge in [0.1, 0.15) is 5.78 Å². The second kappa shape index (κ2) is 4.62. The molecule has 0 amide bonds. The van der Waals surface area contributed by atoms with Crippen LogP contribution in [0.3, 0.4) is 0 Å². The highest BCUT2D eigenvalue weighted by Gasteiger charge is 2.33. The molecule has 3 heteroatoms. The molecule has 1 saturated carbocycles. The maximum absolute atomic E-state index is 10.9. The summed E-state index contributed by atoms with van der Waals surface area (Å²) in [5.41, 5.74) is 0. The minimum absolute atomic E-state index is 0.312. The Labute approximate surface area is 92.4 Å². The van der Waals surface area contributed by atoms with Crippen LogP contribution < -0.4 is 0 Å². The van der Waals surface area contributed by atoms with Crippen molar-refractivity contribution in [3.05, 3.63) is 0 Å². The van der Waals surface area contributed by atoms with Crippen molar-refractivity contribution in [3.63, 3.8) is 0 Å². The number of ketones is 1. The molecule has 3 nitrogen and oxygen atoms in total. The molecule has 0 bridgehead atoms. The monoisotopic (exact) mass is 210 g/mol. The Kier molecular flexibility index (Phi) is 3.42. The van der Waals surface area contributed by atoms with Gasteiger partial charge in [-0.25, -0.2) is 0 Å². The van der Waals surface area contributed by atoms with Gasteiger partial charge in [-0.15, -0.1) is 0 Å². The molecule has 2 fully saturated rings. The average molecular weight is 210 g/mol. The van der Waals surface area contributed by atoms with Gasteiger partial charge in [0, 0.05) is 44.7 Å². The van der Waals surface area contributed by atoms with E-state index in [1.807, 2.05) is 0 Å². The molecule has 1 unspecified atom stereocenters. The summed E-state index contributed by atoms with van der Waals surface area (Å²) in [5.74, 6) is 0.312. The molecule has 1 saturated heterocycles. The van der Waals surface area contributed by atoms with Crippen molar-refractivity contribution in [2.24, 2.45) is 0 Å². The van der Waals surface area contributed by atoms with Gasteiger partial charge in [0.05, 0.1) is 0 Å². The summed E-state index contributed by atoms with van der Waals surface area (Å²) in [7, 11) is 0. The van der Waals surface area contributed by atoms with E-state index in [0.29, 0.717) is 18.2 Å². The maximum atomic E-state index is 10.9. The van der Waals surface area contributed by atoms with Gasteiger partial charge in [-0.2, -0.15) is 0 Å². The van der Waals surface area contributed by atoms with E-state index in [-0.39, 0.29) is 0 Å². The predicted octanol–water partition coefficient (Wildman–Crippen LogP) is 1.13. The van der Waals surface area contributed by atoms with Gasteiger partial charge in [-0.1, -0.05) is 0 Å². The lowest BCUT2D eigenvalue weighted by atomic mass is 10.1. The lowest BCUT2D eigenvalue weighted by molar-refractivity contribution is -0.117. The van der Waals surface area contributed by atoms with Crippen LogP contribution in [-0.2, 0) is 4.79 Å². The number of hydrogen-bond donors (Lipinski definition) is 0. The molecule has 0 N–H and O–H groups in total. The molecule has 1 heterocycles. The number of carbonyl (C=O) groups excluding carboxylic acids is 1. The molecule has 0 spiro atoms. The van der Waals surface area contributed by atoms with E-state index in [1.165, 1.54) is 25.9 Å². The van der Waals surface area contributed by atoms with Crippen molar-refractivity contribution in [1.29, 1.82) is 0 Å². The van der Waals surface area contributed by atoms with Crippen molar-refractivity contribution in [3.8, 4) is 0 Å². The highest BCUT2D eigenvalue weighted by molar-refractivity contribution is 5.75. The minimum atomic E-state index is 0.312. The Morgan fingerprint density at radius 3 is 2.60 bits per heavy atom. The maximum Gasteiger partial charge on any atom is 0.131 e. The van der Waals surface area contributed by atoms with Crippen LogP contribution in [0.2, 0.25) is 0 Å². The molecular formula is C12H22N2O. The number of piperazine rings is 1. The van der Waals surface area contributed by atoms with Crippen LogP contribution >= 0.6 is 0 Å². The quantitative estimate of drug-likeness (QED) is 0.695. The minimum Gasteiger partial charge on any atom is -0.300 e. The first-order chi connectivity index (χ1) is 7.16. The average Bonchev–Trinajstić information content (AvgIpc) is 2.98. The van der Waals surface area contributed by atoms with Crippen LogP contribution in [0.5, 0.6) is 0 Å². The van der Waals surface area contributed by atoms with E-state index in [4.69, 9.17) is 0 Å². The van der Waals surface area contributed by atoms with Gasteiger partial charge in [0.2, 0.25) is 0 Å². The highest BCUT2D eigenvalue weighted by Crippen LogP contribution is 2.28. The van der Waals surface area contributed by atoms with E-state index >= 15 is 0 Å². The lowest BCUT2D eigenvalue weighted by Gasteiger charge is -2.40. The van der Waals surface area contributed by atoms with Crippen LogP contribution in [0, 0.1) is 0 Å². The molecule has 0 radical (unpaired) electrons. The summed E-state index contributed by atoms with van der Waals surface area (Å²) < 4.78 is 0. The lowest BCUT2D eigenvalue weighted by Crippen LogP contribution is -2.52. The summed E-state index contributed by atoms with van der Waals surface area (Å²) in [6.07, 6.45) is 3.52. The van der Waals surface area contributed by atoms with Crippen LogP contribution in [0.1, 0.15) is 33.1 Å². The summed E-state index contributed by atoms with van der Waals surface area (Å²) in [6.45, 7) is 8.47. The van der Waals surface area contributed by atoms with Crippen molar-refractivity contribution >= 4 is 5.78 Å². The van der Waals surface area contributed by atoms with Crippen molar-refractivity contribution in [2.75, 3.05) is 26.2 Å². The molecule has 1 atom stereocenters.